The van der Waals surface area contributed by atoms with Crippen LogP contribution >= 0.6 is 39.0 Å². The largest absolute Gasteiger partial charge is 0.325 e. The molecule has 0 bridgehead atoms. The van der Waals surface area contributed by atoms with Crippen LogP contribution in [0.25, 0.3) is 0 Å². The maximum Gasteiger partial charge on any atom is 0.231 e. The highest BCUT2D eigenvalue weighted by molar-refractivity contribution is 9.10. The topological polar surface area (TPSA) is 42.0 Å². The zero-order valence-electron chi connectivity index (χ0n) is 13.7. The number of anilines is 1. The minimum absolute atomic E-state index is 0.0317. The third-order valence-corrected chi connectivity index (χ3v) is 6.00. The lowest BCUT2D eigenvalue weighted by Crippen LogP contribution is -2.15. The van der Waals surface area contributed by atoms with Crippen molar-refractivity contribution in [2.24, 2.45) is 0 Å². The first-order chi connectivity index (χ1) is 12.1. The summed E-state index contributed by atoms with van der Waals surface area (Å²) < 4.78 is 1.08. The van der Waals surface area contributed by atoms with E-state index in [9.17, 15) is 4.79 Å². The summed E-state index contributed by atoms with van der Waals surface area (Å²) in [5.74, 6) is 0.771. The van der Waals surface area contributed by atoms with Gasteiger partial charge in [0.15, 0.2) is 0 Å². The highest BCUT2D eigenvalue weighted by Crippen LogP contribution is 2.25. The third-order valence-electron chi connectivity index (χ3n) is 3.53. The lowest BCUT2D eigenvalue weighted by atomic mass is 10.2. The zero-order chi connectivity index (χ0) is 17.6. The average Bonchev–Trinajstić information content (AvgIpc) is 3.04. The summed E-state index contributed by atoms with van der Waals surface area (Å²) in [5.41, 5.74) is 2.92. The van der Waals surface area contributed by atoms with E-state index in [1.54, 1.807) is 11.8 Å². The second kappa shape index (κ2) is 8.65. The SMILES string of the molecule is Cc1ccccc1NC(=O)Cc1nc(CSc2ccc(Br)cc2)cs1. The number of para-hydroxylation sites is 1. The Kier molecular flexibility index (Phi) is 6.29. The number of halogens is 1. The van der Waals surface area contributed by atoms with Gasteiger partial charge in [-0.05, 0) is 42.8 Å². The van der Waals surface area contributed by atoms with Gasteiger partial charge in [-0.1, -0.05) is 34.1 Å². The van der Waals surface area contributed by atoms with E-state index in [-0.39, 0.29) is 5.91 Å². The van der Waals surface area contributed by atoms with E-state index in [1.807, 2.05) is 48.7 Å². The molecule has 1 N–H and O–H groups in total. The number of carbonyl (C=O) groups is 1. The lowest BCUT2D eigenvalue weighted by molar-refractivity contribution is -0.115. The molecule has 0 saturated heterocycles. The number of carbonyl (C=O) groups excluding carboxylic acids is 1. The Morgan fingerprint density at radius 1 is 1.20 bits per heavy atom. The van der Waals surface area contributed by atoms with E-state index in [0.29, 0.717) is 6.42 Å². The summed E-state index contributed by atoms with van der Waals surface area (Å²) in [6, 6.07) is 16.0. The van der Waals surface area contributed by atoms with Crippen molar-refractivity contribution in [2.45, 2.75) is 24.0 Å². The lowest BCUT2D eigenvalue weighted by Gasteiger charge is -2.06. The number of aryl methyl sites for hydroxylation is 1. The van der Waals surface area contributed by atoms with Gasteiger partial charge in [0.1, 0.15) is 5.01 Å². The van der Waals surface area contributed by atoms with Crippen molar-refractivity contribution in [3.8, 4) is 0 Å². The Balaban J connectivity index is 1.53. The van der Waals surface area contributed by atoms with E-state index >= 15 is 0 Å². The van der Waals surface area contributed by atoms with Crippen molar-refractivity contribution in [3.63, 3.8) is 0 Å². The van der Waals surface area contributed by atoms with Crippen molar-refractivity contribution < 1.29 is 4.79 Å². The van der Waals surface area contributed by atoms with Gasteiger partial charge >= 0.3 is 0 Å². The normalized spacial score (nSPS) is 10.6. The molecule has 0 aliphatic rings. The Labute approximate surface area is 164 Å². The molecule has 0 aliphatic heterocycles. The third kappa shape index (κ3) is 5.42. The molecule has 3 nitrogen and oxygen atoms in total. The maximum absolute atomic E-state index is 12.2. The van der Waals surface area contributed by atoms with Gasteiger partial charge in [-0.2, -0.15) is 0 Å². The molecule has 1 amide bonds. The van der Waals surface area contributed by atoms with Crippen LogP contribution in [0, 0.1) is 6.92 Å². The van der Waals surface area contributed by atoms with Crippen LogP contribution in [0.2, 0.25) is 0 Å². The standard InChI is InChI=1S/C19H17BrN2OS2/c1-13-4-2-3-5-17(13)22-18(23)10-19-21-15(12-25-19)11-24-16-8-6-14(20)7-9-16/h2-9,12H,10-11H2,1H3,(H,22,23). The number of hydrogen-bond acceptors (Lipinski definition) is 4. The van der Waals surface area contributed by atoms with Crippen LogP contribution in [0.1, 0.15) is 16.3 Å². The van der Waals surface area contributed by atoms with Gasteiger partial charge in [0, 0.05) is 26.2 Å². The number of thiazole rings is 1. The predicted octanol–water partition coefficient (Wildman–Crippen LogP) is 5.69. The molecular weight excluding hydrogens is 416 g/mol. The fourth-order valence-corrected chi connectivity index (χ4v) is 4.18. The molecule has 2 aromatic carbocycles. The first kappa shape index (κ1) is 18.2. The van der Waals surface area contributed by atoms with Crippen molar-refractivity contribution in [1.29, 1.82) is 0 Å². The number of amides is 1. The summed E-state index contributed by atoms with van der Waals surface area (Å²) in [5, 5.41) is 5.82. The fourth-order valence-electron chi connectivity index (χ4n) is 2.23. The van der Waals surface area contributed by atoms with Gasteiger partial charge in [-0.3, -0.25) is 4.79 Å². The summed E-state index contributed by atoms with van der Waals surface area (Å²) in [6.45, 7) is 1.98. The van der Waals surface area contributed by atoms with E-state index < -0.39 is 0 Å². The first-order valence-corrected chi connectivity index (χ1v) is 10.4. The molecule has 3 rings (SSSR count). The summed E-state index contributed by atoms with van der Waals surface area (Å²) in [6.07, 6.45) is 0.307. The maximum atomic E-state index is 12.2. The molecule has 3 aromatic rings. The van der Waals surface area contributed by atoms with Crippen LogP contribution in [0.15, 0.2) is 63.3 Å². The second-order valence-electron chi connectivity index (χ2n) is 5.52. The Hall–Kier alpha value is -1.63. The molecule has 0 fully saturated rings. The molecule has 25 heavy (non-hydrogen) atoms. The predicted molar refractivity (Wildman–Crippen MR) is 109 cm³/mol. The van der Waals surface area contributed by atoms with Crippen molar-refractivity contribution in [2.75, 3.05) is 5.32 Å². The molecule has 0 unspecified atom stereocenters. The number of hydrogen-bond donors (Lipinski definition) is 1. The highest BCUT2D eigenvalue weighted by atomic mass is 79.9. The Morgan fingerprint density at radius 2 is 1.96 bits per heavy atom. The molecule has 128 valence electrons. The number of aromatic nitrogens is 1. The fraction of sp³-hybridized carbons (Fsp3) is 0.158. The first-order valence-electron chi connectivity index (χ1n) is 7.77. The molecule has 0 radical (unpaired) electrons. The van der Waals surface area contributed by atoms with Crippen LogP contribution in [0.3, 0.4) is 0 Å². The molecular formula is C19H17BrN2OS2. The van der Waals surface area contributed by atoms with Crippen molar-refractivity contribution in [1.82, 2.24) is 4.98 Å². The Bertz CT molecular complexity index is 862. The van der Waals surface area contributed by atoms with Crippen LogP contribution < -0.4 is 5.32 Å². The Morgan fingerprint density at radius 3 is 2.72 bits per heavy atom. The number of nitrogens with one attached hydrogen (secondary N) is 1. The van der Waals surface area contributed by atoms with Gasteiger partial charge in [-0.25, -0.2) is 4.98 Å². The van der Waals surface area contributed by atoms with Gasteiger partial charge in [0.2, 0.25) is 5.91 Å². The molecule has 1 aromatic heterocycles. The highest BCUT2D eigenvalue weighted by Gasteiger charge is 2.09. The smallest absolute Gasteiger partial charge is 0.231 e. The second-order valence-corrected chi connectivity index (χ2v) is 8.42. The van der Waals surface area contributed by atoms with Gasteiger partial charge in [-0.15, -0.1) is 23.1 Å². The summed E-state index contributed by atoms with van der Waals surface area (Å²) in [7, 11) is 0. The molecule has 0 spiro atoms. The molecule has 0 atom stereocenters. The van der Waals surface area contributed by atoms with E-state index in [4.69, 9.17) is 0 Å². The molecule has 0 aliphatic carbocycles. The van der Waals surface area contributed by atoms with E-state index in [2.05, 4.69) is 38.4 Å². The minimum atomic E-state index is -0.0317. The van der Waals surface area contributed by atoms with Gasteiger partial charge in [0.25, 0.3) is 0 Å². The zero-order valence-corrected chi connectivity index (χ0v) is 16.9. The quantitative estimate of drug-likeness (QED) is 0.508. The van der Waals surface area contributed by atoms with Crippen molar-refractivity contribution >= 4 is 50.6 Å². The molecule has 6 heteroatoms. The van der Waals surface area contributed by atoms with Crippen LogP contribution in [-0.2, 0) is 17.0 Å². The monoisotopic (exact) mass is 432 g/mol. The van der Waals surface area contributed by atoms with Crippen LogP contribution in [0.4, 0.5) is 5.69 Å². The van der Waals surface area contributed by atoms with E-state index in [1.165, 1.54) is 16.2 Å². The van der Waals surface area contributed by atoms with E-state index in [0.717, 1.165) is 32.2 Å². The molecule has 0 saturated carbocycles. The van der Waals surface area contributed by atoms with Crippen molar-refractivity contribution in [3.05, 3.63) is 74.6 Å². The number of thioether (sulfide) groups is 1. The minimum Gasteiger partial charge on any atom is -0.325 e. The van der Waals surface area contributed by atoms with Crippen LogP contribution in [-0.4, -0.2) is 10.9 Å². The molecule has 1 heterocycles. The summed E-state index contributed by atoms with van der Waals surface area (Å²) in [4.78, 5) is 18.0. The summed E-state index contributed by atoms with van der Waals surface area (Å²) >= 11 is 6.72. The number of rotatable bonds is 6. The number of benzene rings is 2. The van der Waals surface area contributed by atoms with Gasteiger partial charge < -0.3 is 5.32 Å². The van der Waals surface area contributed by atoms with Gasteiger partial charge in [0.05, 0.1) is 12.1 Å². The van der Waals surface area contributed by atoms with Crippen LogP contribution in [0.5, 0.6) is 0 Å². The number of nitrogens with zero attached hydrogens (tertiary/aromatic N) is 1. The average molecular weight is 433 g/mol.